The number of nitrogens with two attached hydrogens (primary N) is 1. The number of rotatable bonds is 2. The standard InChI is InChI=1S/C8H12BrNO/c1-5(6(2)10)8-7(9)3-4-11-8/h3-6H,10H2,1-2H3. The van der Waals surface area contributed by atoms with Gasteiger partial charge in [-0.15, -0.1) is 0 Å². The van der Waals surface area contributed by atoms with Gasteiger partial charge in [-0.2, -0.15) is 0 Å². The summed E-state index contributed by atoms with van der Waals surface area (Å²) in [6, 6.07) is 2.01. The van der Waals surface area contributed by atoms with Gasteiger partial charge < -0.3 is 10.2 Å². The van der Waals surface area contributed by atoms with E-state index < -0.39 is 0 Å². The lowest BCUT2D eigenvalue weighted by Crippen LogP contribution is -2.22. The summed E-state index contributed by atoms with van der Waals surface area (Å²) in [6.07, 6.45) is 1.66. The molecule has 0 amide bonds. The van der Waals surface area contributed by atoms with E-state index in [1.54, 1.807) is 6.26 Å². The van der Waals surface area contributed by atoms with Crippen LogP contribution in [0.2, 0.25) is 0 Å². The quantitative estimate of drug-likeness (QED) is 0.828. The van der Waals surface area contributed by atoms with Crippen LogP contribution in [-0.4, -0.2) is 6.04 Å². The maximum Gasteiger partial charge on any atom is 0.122 e. The number of halogens is 1. The third kappa shape index (κ3) is 1.84. The Morgan fingerprint density at radius 3 is 2.55 bits per heavy atom. The lowest BCUT2D eigenvalue weighted by molar-refractivity contribution is 0.443. The van der Waals surface area contributed by atoms with Crippen LogP contribution in [-0.2, 0) is 0 Å². The number of hydrogen-bond acceptors (Lipinski definition) is 2. The zero-order valence-corrected chi connectivity index (χ0v) is 8.26. The zero-order valence-electron chi connectivity index (χ0n) is 6.67. The fourth-order valence-corrected chi connectivity index (χ4v) is 1.43. The van der Waals surface area contributed by atoms with Crippen molar-refractivity contribution in [1.82, 2.24) is 0 Å². The predicted molar refractivity (Wildman–Crippen MR) is 48.5 cm³/mol. The number of hydrogen-bond donors (Lipinski definition) is 1. The fourth-order valence-electron chi connectivity index (χ4n) is 0.869. The van der Waals surface area contributed by atoms with Crippen molar-refractivity contribution < 1.29 is 4.42 Å². The molecule has 0 radical (unpaired) electrons. The van der Waals surface area contributed by atoms with E-state index in [4.69, 9.17) is 10.2 Å². The summed E-state index contributed by atoms with van der Waals surface area (Å²) in [5.41, 5.74) is 5.72. The molecule has 1 rings (SSSR count). The molecule has 0 aliphatic rings. The van der Waals surface area contributed by atoms with Gasteiger partial charge in [-0.05, 0) is 28.9 Å². The van der Waals surface area contributed by atoms with Gasteiger partial charge in [0.1, 0.15) is 5.76 Å². The molecule has 0 bridgehead atoms. The Balaban J connectivity index is 2.84. The van der Waals surface area contributed by atoms with Crippen LogP contribution in [0.5, 0.6) is 0 Å². The molecule has 0 saturated heterocycles. The third-order valence-corrected chi connectivity index (χ3v) is 2.50. The van der Waals surface area contributed by atoms with Crippen LogP contribution in [0, 0.1) is 0 Å². The highest BCUT2D eigenvalue weighted by atomic mass is 79.9. The Kier molecular flexibility index (Phi) is 2.73. The molecular weight excluding hydrogens is 206 g/mol. The predicted octanol–water partition coefficient (Wildman–Crippen LogP) is 2.49. The van der Waals surface area contributed by atoms with Crippen molar-refractivity contribution in [3.8, 4) is 0 Å². The van der Waals surface area contributed by atoms with Crippen molar-refractivity contribution >= 4 is 15.9 Å². The van der Waals surface area contributed by atoms with E-state index in [-0.39, 0.29) is 12.0 Å². The van der Waals surface area contributed by atoms with E-state index in [0.717, 1.165) is 10.2 Å². The summed E-state index contributed by atoms with van der Waals surface area (Å²) < 4.78 is 6.26. The van der Waals surface area contributed by atoms with Gasteiger partial charge in [0.15, 0.2) is 0 Å². The molecule has 2 N–H and O–H groups in total. The summed E-state index contributed by atoms with van der Waals surface area (Å²) >= 11 is 3.39. The average molecular weight is 218 g/mol. The monoisotopic (exact) mass is 217 g/mol. The summed E-state index contributed by atoms with van der Waals surface area (Å²) in [6.45, 7) is 4.02. The molecular formula is C8H12BrNO. The van der Waals surface area contributed by atoms with Gasteiger partial charge in [0.05, 0.1) is 10.7 Å². The second kappa shape index (κ2) is 3.41. The van der Waals surface area contributed by atoms with Crippen LogP contribution in [0.1, 0.15) is 25.5 Å². The van der Waals surface area contributed by atoms with Crippen LogP contribution < -0.4 is 5.73 Å². The van der Waals surface area contributed by atoms with E-state index in [1.165, 1.54) is 0 Å². The number of furan rings is 1. The summed E-state index contributed by atoms with van der Waals surface area (Å²) in [5.74, 6) is 1.19. The second-order valence-corrected chi connectivity index (χ2v) is 3.63. The molecule has 2 atom stereocenters. The van der Waals surface area contributed by atoms with Gasteiger partial charge in [0.2, 0.25) is 0 Å². The smallest absolute Gasteiger partial charge is 0.122 e. The Labute approximate surface area is 74.9 Å². The minimum absolute atomic E-state index is 0.123. The maximum atomic E-state index is 5.72. The molecule has 0 saturated carbocycles. The van der Waals surface area contributed by atoms with Crippen molar-refractivity contribution in [2.45, 2.75) is 25.8 Å². The molecule has 62 valence electrons. The molecule has 0 aromatic carbocycles. The Bertz CT molecular complexity index is 232. The van der Waals surface area contributed by atoms with Crippen molar-refractivity contribution in [1.29, 1.82) is 0 Å². The normalized spacial score (nSPS) is 16.4. The first-order valence-corrected chi connectivity index (χ1v) is 4.40. The highest BCUT2D eigenvalue weighted by Gasteiger charge is 2.16. The van der Waals surface area contributed by atoms with Crippen LogP contribution in [0.15, 0.2) is 21.2 Å². The first kappa shape index (κ1) is 8.81. The van der Waals surface area contributed by atoms with Crippen LogP contribution >= 0.6 is 15.9 Å². The maximum absolute atomic E-state index is 5.72. The largest absolute Gasteiger partial charge is 0.468 e. The molecule has 1 heterocycles. The molecule has 11 heavy (non-hydrogen) atoms. The minimum Gasteiger partial charge on any atom is -0.468 e. The van der Waals surface area contributed by atoms with Crippen molar-refractivity contribution in [3.63, 3.8) is 0 Å². The molecule has 2 unspecified atom stereocenters. The van der Waals surface area contributed by atoms with E-state index in [9.17, 15) is 0 Å². The van der Waals surface area contributed by atoms with Crippen LogP contribution in [0.3, 0.4) is 0 Å². The fraction of sp³-hybridized carbons (Fsp3) is 0.500. The highest BCUT2D eigenvalue weighted by molar-refractivity contribution is 9.10. The molecule has 0 fully saturated rings. The van der Waals surface area contributed by atoms with E-state index >= 15 is 0 Å². The SMILES string of the molecule is CC(N)C(C)c1occc1Br. The van der Waals surface area contributed by atoms with Crippen molar-refractivity contribution in [2.24, 2.45) is 5.73 Å². The molecule has 1 aromatic heterocycles. The molecule has 2 nitrogen and oxygen atoms in total. The Morgan fingerprint density at radius 1 is 1.55 bits per heavy atom. The summed E-state index contributed by atoms with van der Waals surface area (Å²) in [4.78, 5) is 0. The summed E-state index contributed by atoms with van der Waals surface area (Å²) in [7, 11) is 0. The topological polar surface area (TPSA) is 39.2 Å². The second-order valence-electron chi connectivity index (χ2n) is 2.78. The average Bonchev–Trinajstić information content (AvgIpc) is 2.33. The van der Waals surface area contributed by atoms with Gasteiger partial charge in [-0.1, -0.05) is 6.92 Å². The van der Waals surface area contributed by atoms with Gasteiger partial charge in [0, 0.05) is 12.0 Å². The van der Waals surface area contributed by atoms with Gasteiger partial charge in [0.25, 0.3) is 0 Å². The molecule has 1 aromatic rings. The molecule has 0 aliphatic heterocycles. The first-order valence-electron chi connectivity index (χ1n) is 3.61. The Morgan fingerprint density at radius 2 is 2.18 bits per heavy atom. The van der Waals surface area contributed by atoms with Gasteiger partial charge >= 0.3 is 0 Å². The van der Waals surface area contributed by atoms with Crippen LogP contribution in [0.25, 0.3) is 0 Å². The summed E-state index contributed by atoms with van der Waals surface area (Å²) in [5, 5.41) is 0. The molecule has 0 spiro atoms. The van der Waals surface area contributed by atoms with E-state index in [2.05, 4.69) is 15.9 Å². The Hall–Kier alpha value is -0.280. The minimum atomic E-state index is 0.123. The lowest BCUT2D eigenvalue weighted by atomic mass is 10.0. The molecule has 0 aliphatic carbocycles. The van der Waals surface area contributed by atoms with Gasteiger partial charge in [-0.3, -0.25) is 0 Å². The highest BCUT2D eigenvalue weighted by Crippen LogP contribution is 2.27. The third-order valence-electron chi connectivity index (χ3n) is 1.85. The zero-order chi connectivity index (χ0) is 8.43. The van der Waals surface area contributed by atoms with Crippen LogP contribution in [0.4, 0.5) is 0 Å². The van der Waals surface area contributed by atoms with E-state index in [1.807, 2.05) is 19.9 Å². The van der Waals surface area contributed by atoms with E-state index in [0.29, 0.717) is 0 Å². The first-order chi connectivity index (χ1) is 5.13. The van der Waals surface area contributed by atoms with Crippen molar-refractivity contribution in [2.75, 3.05) is 0 Å². The van der Waals surface area contributed by atoms with Crippen molar-refractivity contribution in [3.05, 3.63) is 22.6 Å². The van der Waals surface area contributed by atoms with Gasteiger partial charge in [-0.25, -0.2) is 0 Å². The lowest BCUT2D eigenvalue weighted by Gasteiger charge is -2.12. The molecule has 3 heteroatoms.